The fourth-order valence-electron chi connectivity index (χ4n) is 0.538. The smallest absolute Gasteiger partial charge is 0.363 e. The predicted molar refractivity (Wildman–Crippen MR) is 42.5 cm³/mol. The second-order valence-corrected chi connectivity index (χ2v) is 1.97. The Kier molecular flexibility index (Phi) is 4.99. The Labute approximate surface area is 81.5 Å². The molecule has 12 nitrogen and oxygen atoms in total. The summed E-state index contributed by atoms with van der Waals surface area (Å²) in [7, 11) is 0. The molecule has 0 aliphatic carbocycles. The van der Waals surface area contributed by atoms with Gasteiger partial charge in [-0.25, -0.2) is 5.21 Å². The highest BCUT2D eigenvalue weighted by molar-refractivity contribution is 5.76. The number of guanidine groups is 1. The standard InChI is InChI=1S/C3H7N6O6/c4-3(5-8(11)12)7(6-10)1-2-15-9(13)14/h1-2H2,(H2,4,5)(H,11,12)/q+1. The minimum Gasteiger partial charge on any atom is -0.363 e. The van der Waals surface area contributed by atoms with Crippen LogP contribution in [0, 0.1) is 19.9 Å². The Morgan fingerprint density at radius 3 is 2.60 bits per heavy atom. The van der Waals surface area contributed by atoms with Crippen LogP contribution in [0.4, 0.5) is 0 Å². The first-order chi connectivity index (χ1) is 6.97. The highest BCUT2D eigenvalue weighted by Crippen LogP contribution is 1.89. The summed E-state index contributed by atoms with van der Waals surface area (Å²) in [4.78, 5) is 33.6. The number of hydrogen-bond acceptors (Lipinski definition) is 6. The summed E-state index contributed by atoms with van der Waals surface area (Å²) in [6, 6.07) is 0. The minimum atomic E-state index is -1.08. The van der Waals surface area contributed by atoms with Crippen molar-refractivity contribution in [2.24, 2.45) is 16.1 Å². The number of hydrazone groups is 1. The van der Waals surface area contributed by atoms with Gasteiger partial charge in [-0.3, -0.25) is 0 Å². The van der Waals surface area contributed by atoms with E-state index in [2.05, 4.69) is 15.2 Å². The summed E-state index contributed by atoms with van der Waals surface area (Å²) in [5.74, 6) is -0.727. The maximum absolute atomic E-state index is 10.1. The second-order valence-electron chi connectivity index (χ2n) is 1.97. The van der Waals surface area contributed by atoms with Crippen molar-refractivity contribution >= 4 is 5.96 Å². The summed E-state index contributed by atoms with van der Waals surface area (Å²) < 4.78 is 0. The zero-order valence-electron chi connectivity index (χ0n) is 7.22. The van der Waals surface area contributed by atoms with Gasteiger partial charge in [0.1, 0.15) is 16.6 Å². The SMILES string of the molecule is N/C(=N\[N+](=O)O)N(CCO[N+](=O)[O-])N=O. The van der Waals surface area contributed by atoms with Crippen molar-refractivity contribution in [2.75, 3.05) is 13.2 Å². The molecule has 0 amide bonds. The number of nitrogens with two attached hydrogens (primary N) is 1. The largest absolute Gasteiger partial charge is 0.391 e. The average molecular weight is 223 g/mol. The van der Waals surface area contributed by atoms with Crippen LogP contribution < -0.4 is 5.73 Å². The van der Waals surface area contributed by atoms with Crippen LogP contribution in [0.5, 0.6) is 0 Å². The van der Waals surface area contributed by atoms with Crippen LogP contribution in [0.15, 0.2) is 10.4 Å². The topological polar surface area (TPSA) is 164 Å². The lowest BCUT2D eigenvalue weighted by molar-refractivity contribution is -0.796. The van der Waals surface area contributed by atoms with Gasteiger partial charge in [0, 0.05) is 0 Å². The highest BCUT2D eigenvalue weighted by atomic mass is 16.9. The van der Waals surface area contributed by atoms with Gasteiger partial charge in [0.2, 0.25) is 0 Å². The van der Waals surface area contributed by atoms with Crippen LogP contribution in [0.3, 0.4) is 0 Å². The second kappa shape index (κ2) is 6.01. The van der Waals surface area contributed by atoms with E-state index in [4.69, 9.17) is 10.9 Å². The van der Waals surface area contributed by atoms with Crippen molar-refractivity contribution < 1.29 is 20.2 Å². The minimum absolute atomic E-state index is 0.393. The molecular formula is C3H7N6O6+. The van der Waals surface area contributed by atoms with Gasteiger partial charge in [0.15, 0.2) is 0 Å². The molecule has 0 spiro atoms. The van der Waals surface area contributed by atoms with E-state index in [0.717, 1.165) is 0 Å². The van der Waals surface area contributed by atoms with E-state index in [1.54, 1.807) is 0 Å². The molecule has 0 atom stereocenters. The van der Waals surface area contributed by atoms with Gasteiger partial charge in [0.05, 0.1) is 11.8 Å². The molecule has 3 N–H and O–H groups in total. The molecule has 0 bridgehead atoms. The Bertz CT molecular complexity index is 289. The third-order valence-electron chi connectivity index (χ3n) is 1.05. The molecule has 0 saturated carbocycles. The van der Waals surface area contributed by atoms with Crippen LogP contribution >= 0.6 is 0 Å². The molecule has 0 aliphatic heterocycles. The molecule has 12 heteroatoms. The van der Waals surface area contributed by atoms with E-state index < -0.39 is 29.2 Å². The molecule has 0 aliphatic rings. The van der Waals surface area contributed by atoms with Crippen molar-refractivity contribution in [3.8, 4) is 0 Å². The summed E-state index contributed by atoms with van der Waals surface area (Å²) in [5.41, 5.74) is 5.00. The molecule has 0 rings (SSSR count). The van der Waals surface area contributed by atoms with Crippen molar-refractivity contribution in [1.29, 1.82) is 0 Å². The normalized spacial score (nSPS) is 10.5. The molecule has 0 aromatic heterocycles. The molecule has 0 saturated heterocycles. The van der Waals surface area contributed by atoms with Crippen LogP contribution in [0.25, 0.3) is 0 Å². The molecule has 0 aromatic rings. The van der Waals surface area contributed by atoms with E-state index >= 15 is 0 Å². The fourth-order valence-corrected chi connectivity index (χ4v) is 0.538. The van der Waals surface area contributed by atoms with Crippen LogP contribution in [0.2, 0.25) is 0 Å². The zero-order chi connectivity index (χ0) is 11.8. The average Bonchev–Trinajstić information content (AvgIpc) is 2.10. The lowest BCUT2D eigenvalue weighted by Crippen LogP contribution is -2.36. The van der Waals surface area contributed by atoms with Crippen molar-refractivity contribution in [1.82, 2.24) is 5.01 Å². The first kappa shape index (κ1) is 12.5. The quantitative estimate of drug-likeness (QED) is 0.182. The molecular weight excluding hydrogens is 216 g/mol. The maximum atomic E-state index is 10.1. The van der Waals surface area contributed by atoms with Crippen LogP contribution in [-0.4, -0.2) is 39.4 Å². The number of hydrogen-bond donors (Lipinski definition) is 2. The molecule has 0 heterocycles. The van der Waals surface area contributed by atoms with E-state index in [0.29, 0.717) is 5.01 Å². The molecule has 15 heavy (non-hydrogen) atoms. The summed E-state index contributed by atoms with van der Waals surface area (Å²) in [6.07, 6.45) is 0. The van der Waals surface area contributed by atoms with Gasteiger partial charge in [0.25, 0.3) is 11.0 Å². The Morgan fingerprint density at radius 2 is 2.20 bits per heavy atom. The van der Waals surface area contributed by atoms with Gasteiger partial charge in [-0.15, -0.1) is 15.0 Å². The van der Waals surface area contributed by atoms with Gasteiger partial charge >= 0.3 is 5.03 Å². The molecule has 84 valence electrons. The van der Waals surface area contributed by atoms with Gasteiger partial charge in [-0.2, -0.15) is 5.01 Å². The Balaban J connectivity index is 4.19. The van der Waals surface area contributed by atoms with Crippen LogP contribution in [-0.2, 0) is 4.84 Å². The van der Waals surface area contributed by atoms with Gasteiger partial charge in [-0.1, -0.05) is 0 Å². The number of nitrogens with zero attached hydrogens (tertiary/aromatic N) is 5. The van der Waals surface area contributed by atoms with Crippen molar-refractivity contribution in [3.63, 3.8) is 0 Å². The lowest BCUT2D eigenvalue weighted by Gasteiger charge is -2.09. The van der Waals surface area contributed by atoms with Crippen molar-refractivity contribution in [2.45, 2.75) is 0 Å². The number of nitroso groups, excluding NO2 is 1. The fraction of sp³-hybridized carbons (Fsp3) is 0.667. The van der Waals surface area contributed by atoms with Crippen molar-refractivity contribution in [3.05, 3.63) is 19.9 Å². The Hall–Kier alpha value is -2.53. The van der Waals surface area contributed by atoms with Crippen LogP contribution in [0.1, 0.15) is 0 Å². The Morgan fingerprint density at radius 1 is 1.60 bits per heavy atom. The summed E-state index contributed by atoms with van der Waals surface area (Å²) in [5, 5.41) is 21.2. The first-order valence-electron chi connectivity index (χ1n) is 3.35. The van der Waals surface area contributed by atoms with E-state index in [1.165, 1.54) is 0 Å². The maximum Gasteiger partial charge on any atom is 0.391 e. The summed E-state index contributed by atoms with van der Waals surface area (Å²) in [6.45, 7) is -0.896. The summed E-state index contributed by atoms with van der Waals surface area (Å²) >= 11 is 0. The molecule has 0 radical (unpaired) electrons. The molecule has 0 unspecified atom stereocenters. The first-order valence-corrected chi connectivity index (χ1v) is 3.35. The van der Waals surface area contributed by atoms with E-state index in [-0.39, 0.29) is 0 Å². The predicted octanol–water partition coefficient (Wildman–Crippen LogP) is -1.42. The highest BCUT2D eigenvalue weighted by Gasteiger charge is 2.14. The van der Waals surface area contributed by atoms with Gasteiger partial charge in [-0.05, 0) is 0 Å². The van der Waals surface area contributed by atoms with E-state index in [9.17, 15) is 19.9 Å². The third kappa shape index (κ3) is 5.67. The monoisotopic (exact) mass is 223 g/mol. The van der Waals surface area contributed by atoms with Gasteiger partial charge < -0.3 is 10.6 Å². The zero-order valence-corrected chi connectivity index (χ0v) is 7.22. The number of rotatable bonds is 6. The van der Waals surface area contributed by atoms with E-state index in [1.807, 2.05) is 0 Å². The third-order valence-corrected chi connectivity index (χ3v) is 1.05. The molecule has 0 fully saturated rings. The lowest BCUT2D eigenvalue weighted by atomic mass is 10.6. The molecule has 0 aromatic carbocycles.